The average molecular weight is 174 g/mol. The number of ether oxygens (including phenoxy) is 1. The summed E-state index contributed by atoms with van der Waals surface area (Å²) in [5, 5.41) is 0. The molecule has 0 amide bonds. The number of methoxy groups -OCH3 is 1. The van der Waals surface area contributed by atoms with Gasteiger partial charge in [0.15, 0.2) is 0 Å². The lowest BCUT2D eigenvalue weighted by Crippen LogP contribution is -1.91. The smallest absolute Gasteiger partial charge is 0.126 e. The Balaban J connectivity index is 3.35. The molecule has 0 heterocycles. The molecular weight excluding hydrogens is 160 g/mol. The SMILES string of the molecule is C=Cc1c(OC)cccc1C(=C)C. The van der Waals surface area contributed by atoms with E-state index in [0.717, 1.165) is 22.4 Å². The number of hydrogen-bond acceptors (Lipinski definition) is 1. The highest BCUT2D eigenvalue weighted by Crippen LogP contribution is 2.27. The molecule has 0 aliphatic heterocycles. The lowest BCUT2D eigenvalue weighted by Gasteiger charge is -2.09. The topological polar surface area (TPSA) is 9.23 Å². The number of benzene rings is 1. The van der Waals surface area contributed by atoms with Gasteiger partial charge in [0.1, 0.15) is 5.75 Å². The highest BCUT2D eigenvalue weighted by atomic mass is 16.5. The van der Waals surface area contributed by atoms with E-state index in [9.17, 15) is 0 Å². The molecule has 0 unspecified atom stereocenters. The van der Waals surface area contributed by atoms with E-state index in [4.69, 9.17) is 4.74 Å². The molecule has 0 radical (unpaired) electrons. The Hall–Kier alpha value is -1.50. The molecular formula is C12H14O. The van der Waals surface area contributed by atoms with Crippen LogP contribution < -0.4 is 4.74 Å². The number of allylic oxidation sites excluding steroid dienone is 1. The molecule has 0 spiro atoms. The molecule has 0 fully saturated rings. The molecule has 0 bridgehead atoms. The lowest BCUT2D eigenvalue weighted by molar-refractivity contribution is 0.413. The molecule has 0 aromatic heterocycles. The monoisotopic (exact) mass is 174 g/mol. The van der Waals surface area contributed by atoms with Crippen LogP contribution in [0.2, 0.25) is 0 Å². The molecule has 0 aliphatic carbocycles. The minimum Gasteiger partial charge on any atom is -0.496 e. The van der Waals surface area contributed by atoms with Gasteiger partial charge in [-0.25, -0.2) is 0 Å². The van der Waals surface area contributed by atoms with Crippen molar-refractivity contribution in [1.82, 2.24) is 0 Å². The standard InChI is InChI=1S/C12H14O/c1-5-10-11(9(2)3)7-6-8-12(10)13-4/h5-8H,1-2H2,3-4H3. The predicted molar refractivity (Wildman–Crippen MR) is 57.8 cm³/mol. The zero-order chi connectivity index (χ0) is 9.84. The Morgan fingerprint density at radius 2 is 2.15 bits per heavy atom. The zero-order valence-electron chi connectivity index (χ0n) is 8.13. The molecule has 0 N–H and O–H groups in total. The van der Waals surface area contributed by atoms with Gasteiger partial charge in [0.05, 0.1) is 7.11 Å². The van der Waals surface area contributed by atoms with Crippen LogP contribution in [-0.4, -0.2) is 7.11 Å². The van der Waals surface area contributed by atoms with Crippen LogP contribution in [-0.2, 0) is 0 Å². The first-order chi connectivity index (χ1) is 6.20. The van der Waals surface area contributed by atoms with Crippen LogP contribution in [0.5, 0.6) is 5.75 Å². The fraction of sp³-hybridized carbons (Fsp3) is 0.167. The van der Waals surface area contributed by atoms with Crippen molar-refractivity contribution in [3.8, 4) is 5.75 Å². The number of hydrogen-bond donors (Lipinski definition) is 0. The second-order valence-electron chi connectivity index (χ2n) is 2.91. The third-order valence-electron chi connectivity index (χ3n) is 1.95. The minimum atomic E-state index is 0.843. The van der Waals surface area contributed by atoms with Crippen LogP contribution in [0.25, 0.3) is 11.6 Å². The summed E-state index contributed by atoms with van der Waals surface area (Å²) in [6, 6.07) is 5.89. The highest BCUT2D eigenvalue weighted by molar-refractivity contribution is 5.74. The molecule has 0 atom stereocenters. The summed E-state index contributed by atoms with van der Waals surface area (Å²) in [4.78, 5) is 0. The van der Waals surface area contributed by atoms with Crippen molar-refractivity contribution in [2.75, 3.05) is 7.11 Å². The first-order valence-electron chi connectivity index (χ1n) is 4.16. The maximum atomic E-state index is 5.21. The van der Waals surface area contributed by atoms with Gasteiger partial charge < -0.3 is 4.74 Å². The summed E-state index contributed by atoms with van der Waals surface area (Å²) in [7, 11) is 1.66. The summed E-state index contributed by atoms with van der Waals surface area (Å²) >= 11 is 0. The molecule has 13 heavy (non-hydrogen) atoms. The molecule has 1 heteroatoms. The quantitative estimate of drug-likeness (QED) is 0.682. The van der Waals surface area contributed by atoms with E-state index in [0.29, 0.717) is 0 Å². The Bertz CT molecular complexity index is 337. The normalized spacial score (nSPS) is 9.38. The van der Waals surface area contributed by atoms with E-state index < -0.39 is 0 Å². The summed E-state index contributed by atoms with van der Waals surface area (Å²) in [6.07, 6.45) is 1.79. The summed E-state index contributed by atoms with van der Waals surface area (Å²) < 4.78 is 5.21. The molecule has 0 aliphatic rings. The molecule has 0 saturated heterocycles. The van der Waals surface area contributed by atoms with Crippen LogP contribution in [0.1, 0.15) is 18.1 Å². The Morgan fingerprint density at radius 1 is 1.46 bits per heavy atom. The van der Waals surface area contributed by atoms with Gasteiger partial charge in [0.25, 0.3) is 0 Å². The van der Waals surface area contributed by atoms with Crippen molar-refractivity contribution < 1.29 is 4.74 Å². The van der Waals surface area contributed by atoms with Crippen LogP contribution >= 0.6 is 0 Å². The van der Waals surface area contributed by atoms with Gasteiger partial charge >= 0.3 is 0 Å². The average Bonchev–Trinajstić information content (AvgIpc) is 2.16. The molecule has 1 nitrogen and oxygen atoms in total. The summed E-state index contributed by atoms with van der Waals surface area (Å²) in [5.41, 5.74) is 3.13. The minimum absolute atomic E-state index is 0.843. The van der Waals surface area contributed by atoms with Crippen LogP contribution in [0, 0.1) is 0 Å². The second kappa shape index (κ2) is 3.94. The maximum absolute atomic E-state index is 5.21. The van der Waals surface area contributed by atoms with Crippen molar-refractivity contribution in [2.24, 2.45) is 0 Å². The fourth-order valence-electron chi connectivity index (χ4n) is 1.30. The van der Waals surface area contributed by atoms with E-state index >= 15 is 0 Å². The molecule has 68 valence electrons. The van der Waals surface area contributed by atoms with Crippen molar-refractivity contribution in [1.29, 1.82) is 0 Å². The molecule has 1 aromatic rings. The van der Waals surface area contributed by atoms with Crippen molar-refractivity contribution >= 4 is 11.6 Å². The first-order valence-corrected chi connectivity index (χ1v) is 4.16. The van der Waals surface area contributed by atoms with E-state index in [1.807, 2.05) is 25.1 Å². The van der Waals surface area contributed by atoms with Crippen molar-refractivity contribution in [2.45, 2.75) is 6.92 Å². The largest absolute Gasteiger partial charge is 0.496 e. The Labute approximate surface area is 79.4 Å². The van der Waals surface area contributed by atoms with E-state index in [1.54, 1.807) is 13.2 Å². The van der Waals surface area contributed by atoms with Gasteiger partial charge in [-0.1, -0.05) is 36.9 Å². The number of rotatable bonds is 3. The highest BCUT2D eigenvalue weighted by Gasteiger charge is 2.04. The van der Waals surface area contributed by atoms with E-state index in [-0.39, 0.29) is 0 Å². The molecule has 0 saturated carbocycles. The summed E-state index contributed by atoms with van der Waals surface area (Å²) in [5.74, 6) is 0.843. The van der Waals surface area contributed by atoms with Crippen molar-refractivity contribution in [3.63, 3.8) is 0 Å². The third-order valence-corrected chi connectivity index (χ3v) is 1.95. The molecule has 1 rings (SSSR count). The van der Waals surface area contributed by atoms with Gasteiger partial charge in [-0.2, -0.15) is 0 Å². The first kappa shape index (κ1) is 9.59. The van der Waals surface area contributed by atoms with Crippen LogP contribution in [0.4, 0.5) is 0 Å². The van der Waals surface area contributed by atoms with Crippen molar-refractivity contribution in [3.05, 3.63) is 42.5 Å². The Morgan fingerprint density at radius 3 is 2.62 bits per heavy atom. The maximum Gasteiger partial charge on any atom is 0.126 e. The molecule has 1 aromatic carbocycles. The van der Waals surface area contributed by atoms with Gasteiger partial charge in [-0.3, -0.25) is 0 Å². The van der Waals surface area contributed by atoms with Crippen LogP contribution in [0.3, 0.4) is 0 Å². The Kier molecular flexibility index (Phi) is 2.91. The lowest BCUT2D eigenvalue weighted by atomic mass is 10.0. The predicted octanol–water partition coefficient (Wildman–Crippen LogP) is 3.37. The third kappa shape index (κ3) is 1.81. The van der Waals surface area contributed by atoms with E-state index in [1.165, 1.54) is 0 Å². The van der Waals surface area contributed by atoms with Gasteiger partial charge in [-0.05, 0) is 18.6 Å². The van der Waals surface area contributed by atoms with Gasteiger partial charge in [0.2, 0.25) is 0 Å². The second-order valence-corrected chi connectivity index (χ2v) is 2.91. The van der Waals surface area contributed by atoms with Gasteiger partial charge in [-0.15, -0.1) is 0 Å². The zero-order valence-corrected chi connectivity index (χ0v) is 8.13. The van der Waals surface area contributed by atoms with Gasteiger partial charge in [0, 0.05) is 5.56 Å². The summed E-state index contributed by atoms with van der Waals surface area (Å²) in [6.45, 7) is 9.64. The van der Waals surface area contributed by atoms with Crippen LogP contribution in [0.15, 0.2) is 31.4 Å². The fourth-order valence-corrected chi connectivity index (χ4v) is 1.30. The van der Waals surface area contributed by atoms with E-state index in [2.05, 4.69) is 13.2 Å².